The molecule has 0 fully saturated rings. The first-order valence-corrected chi connectivity index (χ1v) is 6.16. The van der Waals surface area contributed by atoms with Crippen LogP contribution < -0.4 is 4.74 Å². The van der Waals surface area contributed by atoms with Crippen molar-refractivity contribution in [3.8, 4) is 5.75 Å². The molecule has 1 aliphatic heterocycles. The third-order valence-electron chi connectivity index (χ3n) is 3.07. The van der Waals surface area contributed by atoms with Crippen molar-refractivity contribution in [2.24, 2.45) is 0 Å². The smallest absolute Gasteiger partial charge is 0.170 e. The monoisotopic (exact) mass is 258 g/mol. The third-order valence-corrected chi connectivity index (χ3v) is 3.32. The summed E-state index contributed by atoms with van der Waals surface area (Å²) >= 11 is 5.85. The maximum absolute atomic E-state index is 12.0. The zero-order valence-corrected chi connectivity index (χ0v) is 10.4. The van der Waals surface area contributed by atoms with Crippen molar-refractivity contribution in [3.05, 3.63) is 64.7 Å². The molecule has 1 atom stereocenters. The van der Waals surface area contributed by atoms with Crippen molar-refractivity contribution in [1.29, 1.82) is 0 Å². The van der Waals surface area contributed by atoms with E-state index in [9.17, 15) is 4.79 Å². The fourth-order valence-electron chi connectivity index (χ4n) is 2.14. The average molecular weight is 259 g/mol. The summed E-state index contributed by atoms with van der Waals surface area (Å²) in [5.74, 6) is 0.783. The fourth-order valence-corrected chi connectivity index (χ4v) is 2.26. The quantitative estimate of drug-likeness (QED) is 0.771. The topological polar surface area (TPSA) is 26.3 Å². The minimum Gasteiger partial charge on any atom is -0.484 e. The summed E-state index contributed by atoms with van der Waals surface area (Å²) in [6.45, 7) is 0. The molecule has 0 spiro atoms. The number of hydrogen-bond acceptors (Lipinski definition) is 2. The molecule has 0 unspecified atom stereocenters. The zero-order chi connectivity index (χ0) is 12.5. The lowest BCUT2D eigenvalue weighted by Crippen LogP contribution is -2.20. The maximum Gasteiger partial charge on any atom is 0.170 e. The normalized spacial score (nSPS) is 18.1. The Morgan fingerprint density at radius 2 is 1.78 bits per heavy atom. The highest BCUT2D eigenvalue weighted by Gasteiger charge is 2.26. The van der Waals surface area contributed by atoms with Gasteiger partial charge in [0.25, 0.3) is 0 Å². The number of ketones is 1. The molecule has 0 bridgehead atoms. The maximum atomic E-state index is 12.0. The van der Waals surface area contributed by atoms with Gasteiger partial charge in [0.1, 0.15) is 11.9 Å². The van der Waals surface area contributed by atoms with E-state index in [0.29, 0.717) is 22.8 Å². The van der Waals surface area contributed by atoms with E-state index < -0.39 is 0 Å². The molecule has 0 N–H and O–H groups in total. The first-order chi connectivity index (χ1) is 8.74. The highest BCUT2D eigenvalue weighted by molar-refractivity contribution is 6.30. The first-order valence-electron chi connectivity index (χ1n) is 5.78. The van der Waals surface area contributed by atoms with Crippen LogP contribution in [0.1, 0.15) is 28.4 Å². The van der Waals surface area contributed by atoms with Crippen molar-refractivity contribution in [1.82, 2.24) is 0 Å². The Bertz CT molecular complexity index is 590. The first kappa shape index (κ1) is 11.3. The molecule has 1 heterocycles. The van der Waals surface area contributed by atoms with Gasteiger partial charge in [0.05, 0.1) is 12.0 Å². The lowest BCUT2D eigenvalue weighted by molar-refractivity contribution is 0.0850. The van der Waals surface area contributed by atoms with E-state index in [1.54, 1.807) is 6.07 Å². The molecule has 3 rings (SSSR count). The molecule has 0 aliphatic carbocycles. The molecule has 0 saturated heterocycles. The molecule has 1 aliphatic rings. The van der Waals surface area contributed by atoms with Crippen LogP contribution in [0, 0.1) is 0 Å². The van der Waals surface area contributed by atoms with Gasteiger partial charge in [0, 0.05) is 5.02 Å². The van der Waals surface area contributed by atoms with Crippen LogP contribution in [0.2, 0.25) is 5.02 Å². The number of ether oxygens (including phenoxy) is 1. The van der Waals surface area contributed by atoms with Crippen molar-refractivity contribution in [2.45, 2.75) is 12.5 Å². The highest BCUT2D eigenvalue weighted by atomic mass is 35.5. The average Bonchev–Trinajstić information content (AvgIpc) is 2.39. The van der Waals surface area contributed by atoms with E-state index in [0.717, 1.165) is 5.56 Å². The molecule has 2 nitrogen and oxygen atoms in total. The van der Waals surface area contributed by atoms with Crippen LogP contribution in [0.5, 0.6) is 5.75 Å². The van der Waals surface area contributed by atoms with Crippen LogP contribution in [0.4, 0.5) is 0 Å². The predicted molar refractivity (Wildman–Crippen MR) is 70.2 cm³/mol. The number of hydrogen-bond donors (Lipinski definition) is 0. The Morgan fingerprint density at radius 1 is 1.06 bits per heavy atom. The molecule has 0 saturated carbocycles. The lowest BCUT2D eigenvalue weighted by Gasteiger charge is -2.25. The van der Waals surface area contributed by atoms with Gasteiger partial charge in [0.2, 0.25) is 0 Å². The van der Waals surface area contributed by atoms with E-state index in [-0.39, 0.29) is 11.9 Å². The van der Waals surface area contributed by atoms with Gasteiger partial charge in [-0.1, -0.05) is 35.9 Å². The fraction of sp³-hybridized carbons (Fsp3) is 0.133. The standard InChI is InChI=1S/C15H11ClO2/c16-11-7-5-10(6-8-11)15-9-13(17)12-3-1-2-4-14(12)18-15/h1-8,15H,9H2/t15-/m1/s1. The van der Waals surface area contributed by atoms with Crippen LogP contribution in [0.15, 0.2) is 48.5 Å². The number of para-hydroxylation sites is 1. The largest absolute Gasteiger partial charge is 0.484 e. The number of Topliss-reactive ketones (excluding diaryl/α,β-unsaturated/α-hetero) is 1. The summed E-state index contributed by atoms with van der Waals surface area (Å²) in [7, 11) is 0. The van der Waals surface area contributed by atoms with Crippen molar-refractivity contribution >= 4 is 17.4 Å². The third kappa shape index (κ3) is 2.00. The molecule has 0 amide bonds. The van der Waals surface area contributed by atoms with E-state index in [4.69, 9.17) is 16.3 Å². The molecule has 18 heavy (non-hydrogen) atoms. The van der Waals surface area contributed by atoms with Crippen LogP contribution >= 0.6 is 11.6 Å². The van der Waals surface area contributed by atoms with E-state index in [2.05, 4.69) is 0 Å². The highest BCUT2D eigenvalue weighted by Crippen LogP contribution is 2.34. The van der Waals surface area contributed by atoms with Crippen molar-refractivity contribution in [2.75, 3.05) is 0 Å². The minimum atomic E-state index is -0.218. The lowest BCUT2D eigenvalue weighted by atomic mass is 9.96. The van der Waals surface area contributed by atoms with Gasteiger partial charge >= 0.3 is 0 Å². The van der Waals surface area contributed by atoms with Gasteiger partial charge in [-0.15, -0.1) is 0 Å². The van der Waals surface area contributed by atoms with Crippen LogP contribution in [0.3, 0.4) is 0 Å². The Labute approximate surface area is 110 Å². The summed E-state index contributed by atoms with van der Waals surface area (Å²) in [4.78, 5) is 12.0. The zero-order valence-electron chi connectivity index (χ0n) is 9.60. The SMILES string of the molecule is O=C1C[C@H](c2ccc(Cl)cc2)Oc2ccccc21. The minimum absolute atomic E-state index is 0.122. The molecule has 2 aromatic carbocycles. The summed E-state index contributed by atoms with van der Waals surface area (Å²) in [5, 5.41) is 0.682. The molecule has 3 heteroatoms. The van der Waals surface area contributed by atoms with Crippen LogP contribution in [-0.2, 0) is 0 Å². The van der Waals surface area contributed by atoms with Gasteiger partial charge in [-0.25, -0.2) is 0 Å². The molecule has 2 aromatic rings. The number of rotatable bonds is 1. The number of fused-ring (bicyclic) bond motifs is 1. The molecule has 90 valence electrons. The van der Waals surface area contributed by atoms with Gasteiger partial charge in [0.15, 0.2) is 5.78 Å². The molecular formula is C15H11ClO2. The molecule has 0 radical (unpaired) electrons. The second-order valence-electron chi connectivity index (χ2n) is 4.28. The second-order valence-corrected chi connectivity index (χ2v) is 4.72. The van der Waals surface area contributed by atoms with Gasteiger partial charge < -0.3 is 4.74 Å². The number of benzene rings is 2. The van der Waals surface area contributed by atoms with Gasteiger partial charge in [-0.05, 0) is 29.8 Å². The molecule has 0 aromatic heterocycles. The van der Waals surface area contributed by atoms with E-state index in [1.807, 2.05) is 42.5 Å². The predicted octanol–water partition coefficient (Wildman–Crippen LogP) is 4.05. The number of carbonyl (C=O) groups is 1. The van der Waals surface area contributed by atoms with Crippen molar-refractivity contribution in [3.63, 3.8) is 0 Å². The van der Waals surface area contributed by atoms with Crippen LogP contribution in [0.25, 0.3) is 0 Å². The Morgan fingerprint density at radius 3 is 2.56 bits per heavy atom. The van der Waals surface area contributed by atoms with E-state index in [1.165, 1.54) is 0 Å². The van der Waals surface area contributed by atoms with Crippen molar-refractivity contribution < 1.29 is 9.53 Å². The Hall–Kier alpha value is -1.80. The molecular weight excluding hydrogens is 248 g/mol. The van der Waals surface area contributed by atoms with E-state index >= 15 is 0 Å². The number of halogens is 1. The number of carbonyl (C=O) groups excluding carboxylic acids is 1. The Kier molecular flexibility index (Phi) is 2.80. The Balaban J connectivity index is 1.94. The summed E-state index contributed by atoms with van der Waals surface area (Å²) in [6.07, 6.45) is 0.156. The van der Waals surface area contributed by atoms with Gasteiger partial charge in [-0.2, -0.15) is 0 Å². The van der Waals surface area contributed by atoms with Gasteiger partial charge in [-0.3, -0.25) is 4.79 Å². The summed E-state index contributed by atoms with van der Waals surface area (Å²) in [5.41, 5.74) is 1.64. The second kappa shape index (κ2) is 4.46. The van der Waals surface area contributed by atoms with Crippen LogP contribution in [-0.4, -0.2) is 5.78 Å². The summed E-state index contributed by atoms with van der Waals surface area (Å²) in [6, 6.07) is 14.8. The summed E-state index contributed by atoms with van der Waals surface area (Å²) < 4.78 is 5.86.